The first-order valence-corrected chi connectivity index (χ1v) is 15.6. The van der Waals surface area contributed by atoms with Gasteiger partial charge in [-0.3, -0.25) is 0 Å². The summed E-state index contributed by atoms with van der Waals surface area (Å²) in [4.78, 5) is 11.3. The lowest BCUT2D eigenvalue weighted by Crippen LogP contribution is -2.26. The van der Waals surface area contributed by atoms with Gasteiger partial charge in [0.2, 0.25) is 5.95 Å². The molecule has 0 amide bonds. The molecule has 2 aliphatic heterocycles. The summed E-state index contributed by atoms with van der Waals surface area (Å²) in [6.07, 6.45) is 3.35. The Morgan fingerprint density at radius 2 is 2.00 bits per heavy atom. The lowest BCUT2D eigenvalue weighted by molar-refractivity contribution is 0.141. The molecule has 11 heteroatoms. The maximum atomic E-state index is 13.2. The van der Waals surface area contributed by atoms with Crippen LogP contribution >= 0.6 is 18.7 Å². The topological polar surface area (TPSA) is 97.8 Å². The summed E-state index contributed by atoms with van der Waals surface area (Å²) in [5.74, 6) is 2.14. The van der Waals surface area contributed by atoms with Crippen molar-refractivity contribution >= 4 is 47.2 Å². The van der Waals surface area contributed by atoms with Crippen LogP contribution in [0.2, 0.25) is 5.02 Å². The number of anilines is 4. The third-order valence-corrected chi connectivity index (χ3v) is 8.52. The SMILES string of the molecule is COc1cc2c(cc1Nc1ncc(Cl)c(Nc3ccc(OC4CCOC4)cc3P(C)(C)=O)n1)CN(C)CC2. The van der Waals surface area contributed by atoms with Gasteiger partial charge in [-0.25, -0.2) is 4.98 Å². The van der Waals surface area contributed by atoms with Crippen LogP contribution in [0.5, 0.6) is 11.5 Å². The molecule has 0 aliphatic carbocycles. The molecule has 1 fully saturated rings. The summed E-state index contributed by atoms with van der Waals surface area (Å²) >= 11 is 6.48. The quantitative estimate of drug-likeness (QED) is 0.370. The summed E-state index contributed by atoms with van der Waals surface area (Å²) in [5.41, 5.74) is 3.95. The molecule has 1 atom stereocenters. The number of halogens is 1. The van der Waals surface area contributed by atoms with E-state index in [1.807, 2.05) is 18.2 Å². The minimum Gasteiger partial charge on any atom is -0.495 e. The molecule has 5 rings (SSSR count). The van der Waals surface area contributed by atoms with Crippen LogP contribution in [-0.2, 0) is 22.3 Å². The third kappa shape index (κ3) is 6.07. The van der Waals surface area contributed by atoms with Crippen LogP contribution in [0, 0.1) is 0 Å². The fraction of sp³-hybridized carbons (Fsp3) is 0.407. The van der Waals surface area contributed by atoms with Crippen molar-refractivity contribution < 1.29 is 18.8 Å². The Hall–Kier alpha value is -2.84. The van der Waals surface area contributed by atoms with E-state index in [0.717, 1.165) is 37.4 Å². The van der Waals surface area contributed by atoms with Crippen molar-refractivity contribution in [2.45, 2.75) is 25.5 Å². The van der Waals surface area contributed by atoms with E-state index in [9.17, 15) is 4.57 Å². The number of hydrogen-bond acceptors (Lipinski definition) is 9. The van der Waals surface area contributed by atoms with Crippen molar-refractivity contribution in [3.05, 3.63) is 52.7 Å². The minimum atomic E-state index is -2.67. The molecular weight excluding hydrogens is 525 g/mol. The second-order valence-electron chi connectivity index (χ2n) is 10.1. The number of rotatable bonds is 8. The highest BCUT2D eigenvalue weighted by Crippen LogP contribution is 2.40. The Bertz CT molecular complexity index is 1380. The zero-order chi connectivity index (χ0) is 26.9. The van der Waals surface area contributed by atoms with Crippen LogP contribution in [0.15, 0.2) is 36.5 Å². The summed E-state index contributed by atoms with van der Waals surface area (Å²) in [7, 11) is 1.10. The molecule has 3 heterocycles. The average Bonchev–Trinajstić information content (AvgIpc) is 3.39. The molecule has 1 saturated heterocycles. The van der Waals surface area contributed by atoms with E-state index in [1.165, 1.54) is 17.3 Å². The molecule has 0 bridgehead atoms. The molecule has 2 aliphatic rings. The van der Waals surface area contributed by atoms with Crippen molar-refractivity contribution in [1.82, 2.24) is 14.9 Å². The standard InChI is InChI=1S/C27H33ClN5O4P/c1-33-9-7-17-12-24(35-2)23(11-18(17)15-33)31-27-29-14-21(28)26(32-27)30-22-6-5-19(13-25(22)38(3,4)34)37-20-8-10-36-16-20/h5-6,11-14,20H,7-10,15-16H2,1-4H3,(H2,29,30,31,32). The number of fused-ring (bicyclic) bond motifs is 1. The smallest absolute Gasteiger partial charge is 0.229 e. The molecule has 0 radical (unpaired) electrons. The summed E-state index contributed by atoms with van der Waals surface area (Å²) in [6, 6.07) is 9.68. The average molecular weight is 558 g/mol. The molecule has 202 valence electrons. The number of nitrogens with zero attached hydrogens (tertiary/aromatic N) is 3. The third-order valence-electron chi connectivity index (χ3n) is 6.71. The monoisotopic (exact) mass is 557 g/mol. The summed E-state index contributed by atoms with van der Waals surface area (Å²) in [5, 5.41) is 7.54. The van der Waals surface area contributed by atoms with Gasteiger partial charge in [-0.1, -0.05) is 11.6 Å². The van der Waals surface area contributed by atoms with Gasteiger partial charge in [0.05, 0.1) is 37.9 Å². The first kappa shape index (κ1) is 26.8. The van der Waals surface area contributed by atoms with Crippen LogP contribution in [0.1, 0.15) is 17.5 Å². The molecule has 0 saturated carbocycles. The highest BCUT2D eigenvalue weighted by atomic mass is 35.5. The van der Waals surface area contributed by atoms with Crippen molar-refractivity contribution in [2.24, 2.45) is 0 Å². The number of aromatic nitrogens is 2. The van der Waals surface area contributed by atoms with Crippen LogP contribution in [0.25, 0.3) is 0 Å². The van der Waals surface area contributed by atoms with Gasteiger partial charge in [-0.05, 0) is 68.3 Å². The molecule has 1 unspecified atom stereocenters. The number of likely N-dealkylation sites (N-methyl/N-ethyl adjacent to an activating group) is 1. The fourth-order valence-corrected chi connectivity index (χ4v) is 5.98. The van der Waals surface area contributed by atoms with Gasteiger partial charge < -0.3 is 34.3 Å². The maximum absolute atomic E-state index is 13.2. The molecule has 38 heavy (non-hydrogen) atoms. The predicted octanol–water partition coefficient (Wildman–Crippen LogP) is 5.03. The van der Waals surface area contributed by atoms with Crippen molar-refractivity contribution in [2.75, 3.05) is 57.9 Å². The zero-order valence-electron chi connectivity index (χ0n) is 22.1. The van der Waals surface area contributed by atoms with Crippen LogP contribution in [-0.4, -0.2) is 68.2 Å². The van der Waals surface area contributed by atoms with Gasteiger partial charge in [0.25, 0.3) is 0 Å². The molecular formula is C27H33ClN5O4P. The highest BCUT2D eigenvalue weighted by molar-refractivity contribution is 7.70. The van der Waals surface area contributed by atoms with Gasteiger partial charge in [0.15, 0.2) is 5.82 Å². The largest absolute Gasteiger partial charge is 0.495 e. The van der Waals surface area contributed by atoms with Gasteiger partial charge in [0.1, 0.15) is 29.8 Å². The molecule has 2 N–H and O–H groups in total. The van der Waals surface area contributed by atoms with Crippen molar-refractivity contribution in [3.63, 3.8) is 0 Å². The summed E-state index contributed by atoms with van der Waals surface area (Å²) < 4.78 is 30.3. The number of methoxy groups -OCH3 is 1. The lowest BCUT2D eigenvalue weighted by atomic mass is 9.99. The molecule has 0 spiro atoms. The van der Waals surface area contributed by atoms with Crippen LogP contribution in [0.3, 0.4) is 0 Å². The Morgan fingerprint density at radius 1 is 1.16 bits per heavy atom. The number of ether oxygens (including phenoxy) is 3. The van der Waals surface area contributed by atoms with E-state index in [-0.39, 0.29) is 6.10 Å². The van der Waals surface area contributed by atoms with Crippen molar-refractivity contribution in [3.8, 4) is 11.5 Å². The Labute approximate surface area is 228 Å². The van der Waals surface area contributed by atoms with E-state index in [2.05, 4.69) is 44.7 Å². The fourth-order valence-electron chi connectivity index (χ4n) is 4.69. The van der Waals surface area contributed by atoms with Gasteiger partial charge >= 0.3 is 0 Å². The van der Waals surface area contributed by atoms with Gasteiger partial charge in [-0.15, -0.1) is 0 Å². The molecule has 9 nitrogen and oxygen atoms in total. The number of benzene rings is 2. The maximum Gasteiger partial charge on any atom is 0.229 e. The molecule has 1 aromatic heterocycles. The van der Waals surface area contributed by atoms with E-state index in [4.69, 9.17) is 25.8 Å². The first-order valence-electron chi connectivity index (χ1n) is 12.6. The number of nitrogens with one attached hydrogen (secondary N) is 2. The van der Waals surface area contributed by atoms with Gasteiger partial charge in [0, 0.05) is 24.8 Å². The minimum absolute atomic E-state index is 0.000632. The molecule has 3 aromatic rings. The van der Waals surface area contributed by atoms with E-state index in [1.54, 1.807) is 20.4 Å². The zero-order valence-corrected chi connectivity index (χ0v) is 23.7. The van der Waals surface area contributed by atoms with Gasteiger partial charge in [-0.2, -0.15) is 4.98 Å². The second-order valence-corrected chi connectivity index (χ2v) is 13.7. The molecule has 2 aromatic carbocycles. The van der Waals surface area contributed by atoms with Crippen LogP contribution in [0.4, 0.5) is 23.1 Å². The first-order chi connectivity index (χ1) is 18.2. The normalized spacial score (nSPS) is 17.7. The Kier molecular flexibility index (Phi) is 7.82. The lowest BCUT2D eigenvalue weighted by Gasteiger charge is -2.26. The van der Waals surface area contributed by atoms with E-state index >= 15 is 0 Å². The highest BCUT2D eigenvalue weighted by Gasteiger charge is 2.22. The Morgan fingerprint density at radius 3 is 2.74 bits per heavy atom. The predicted molar refractivity (Wildman–Crippen MR) is 152 cm³/mol. The van der Waals surface area contributed by atoms with E-state index in [0.29, 0.717) is 46.7 Å². The summed E-state index contributed by atoms with van der Waals surface area (Å²) in [6.45, 7) is 6.59. The number of hydrogen-bond donors (Lipinski definition) is 2. The van der Waals surface area contributed by atoms with E-state index < -0.39 is 7.14 Å². The Balaban J connectivity index is 1.41. The van der Waals surface area contributed by atoms with Crippen LogP contribution < -0.4 is 25.4 Å². The van der Waals surface area contributed by atoms with Crippen molar-refractivity contribution in [1.29, 1.82) is 0 Å². The second kappa shape index (κ2) is 11.1.